The molecule has 0 atom stereocenters. The molecule has 3 aromatic rings. The summed E-state index contributed by atoms with van der Waals surface area (Å²) in [7, 11) is -2.37. The Labute approximate surface area is 164 Å². The Kier molecular flexibility index (Phi) is 5.53. The lowest BCUT2D eigenvalue weighted by Crippen LogP contribution is -2.16. The molecule has 0 bridgehead atoms. The average molecular weight is 403 g/mol. The number of aryl methyl sites for hydroxylation is 3. The number of nitrogens with zero attached hydrogens (tertiary/aromatic N) is 1. The summed E-state index contributed by atoms with van der Waals surface area (Å²) < 4.78 is 34.4. The lowest BCUT2D eigenvalue weighted by Gasteiger charge is -2.16. The molecular weight excluding hydrogens is 380 g/mol. The summed E-state index contributed by atoms with van der Waals surface area (Å²) in [6.07, 6.45) is 0.731. The van der Waals surface area contributed by atoms with Gasteiger partial charge in [0, 0.05) is 10.9 Å². The van der Waals surface area contributed by atoms with Gasteiger partial charge < -0.3 is 4.74 Å². The van der Waals surface area contributed by atoms with Crippen LogP contribution in [0.15, 0.2) is 46.7 Å². The van der Waals surface area contributed by atoms with E-state index in [9.17, 15) is 8.42 Å². The van der Waals surface area contributed by atoms with Crippen molar-refractivity contribution in [3.05, 3.63) is 57.9 Å². The van der Waals surface area contributed by atoms with Gasteiger partial charge in [-0.2, -0.15) is 0 Å². The van der Waals surface area contributed by atoms with Crippen molar-refractivity contribution in [3.8, 4) is 17.0 Å². The van der Waals surface area contributed by atoms with Crippen LogP contribution in [0.4, 0.5) is 5.69 Å². The zero-order valence-corrected chi connectivity index (χ0v) is 17.4. The number of anilines is 1. The third-order valence-electron chi connectivity index (χ3n) is 4.34. The largest absolute Gasteiger partial charge is 0.495 e. The summed E-state index contributed by atoms with van der Waals surface area (Å²) in [6.45, 7) is 5.81. The van der Waals surface area contributed by atoms with Crippen molar-refractivity contribution in [2.75, 3.05) is 11.8 Å². The summed E-state index contributed by atoms with van der Waals surface area (Å²) in [5.41, 5.74) is 3.94. The van der Waals surface area contributed by atoms with Gasteiger partial charge in [-0.15, -0.1) is 11.3 Å². The van der Waals surface area contributed by atoms with Gasteiger partial charge in [0.05, 0.1) is 23.5 Å². The van der Waals surface area contributed by atoms with Crippen LogP contribution >= 0.6 is 11.3 Å². The number of nitrogens with one attached hydrogen (secondary N) is 1. The van der Waals surface area contributed by atoms with E-state index in [4.69, 9.17) is 4.74 Å². The number of ether oxygens (including phenoxy) is 1. The van der Waals surface area contributed by atoms with Crippen molar-refractivity contribution >= 4 is 27.0 Å². The first kappa shape index (κ1) is 19.4. The van der Waals surface area contributed by atoms with Crippen molar-refractivity contribution in [1.82, 2.24) is 4.98 Å². The van der Waals surface area contributed by atoms with Gasteiger partial charge in [0.1, 0.15) is 10.6 Å². The van der Waals surface area contributed by atoms with Crippen LogP contribution in [0.5, 0.6) is 5.75 Å². The van der Waals surface area contributed by atoms with Crippen molar-refractivity contribution in [2.24, 2.45) is 0 Å². The highest BCUT2D eigenvalue weighted by molar-refractivity contribution is 7.92. The van der Waals surface area contributed by atoms with Gasteiger partial charge in [-0.05, 0) is 49.6 Å². The molecule has 0 amide bonds. The Morgan fingerprint density at radius 3 is 2.59 bits per heavy atom. The molecule has 142 valence electrons. The minimum atomic E-state index is -3.83. The number of methoxy groups -OCH3 is 1. The van der Waals surface area contributed by atoms with Gasteiger partial charge in [-0.3, -0.25) is 4.72 Å². The molecule has 0 fully saturated rings. The number of thiazole rings is 1. The average Bonchev–Trinajstić information content (AvgIpc) is 3.09. The predicted molar refractivity (Wildman–Crippen MR) is 110 cm³/mol. The van der Waals surface area contributed by atoms with Crippen molar-refractivity contribution in [1.29, 1.82) is 0 Å². The van der Waals surface area contributed by atoms with E-state index in [0.29, 0.717) is 11.4 Å². The number of hydrogen-bond acceptors (Lipinski definition) is 5. The fourth-order valence-electron chi connectivity index (χ4n) is 2.90. The molecule has 2 aromatic carbocycles. The highest BCUT2D eigenvalue weighted by atomic mass is 32.2. The summed E-state index contributed by atoms with van der Waals surface area (Å²) in [5.74, 6) is 0.296. The lowest BCUT2D eigenvalue weighted by molar-refractivity contribution is 0.403. The molecule has 0 aliphatic carbocycles. The number of para-hydroxylation sites is 1. The van der Waals surface area contributed by atoms with Crippen molar-refractivity contribution in [2.45, 2.75) is 32.1 Å². The molecular formula is C20H22N2O3S2. The molecule has 0 saturated carbocycles. The van der Waals surface area contributed by atoms with E-state index in [-0.39, 0.29) is 4.90 Å². The van der Waals surface area contributed by atoms with Crippen LogP contribution in [0.2, 0.25) is 0 Å². The fourth-order valence-corrected chi connectivity index (χ4v) is 4.89. The molecule has 0 unspecified atom stereocenters. The maximum absolute atomic E-state index is 13.2. The van der Waals surface area contributed by atoms with Crippen LogP contribution in [0, 0.1) is 13.8 Å². The Morgan fingerprint density at radius 1 is 1.19 bits per heavy atom. The maximum Gasteiger partial charge on any atom is 0.265 e. The molecule has 1 N–H and O–H groups in total. The SMILES string of the molecule is CCc1cccc(C)c1NS(=O)(=O)c1cc(-c2csc(C)n2)ccc1OC. The van der Waals surface area contributed by atoms with E-state index in [1.807, 2.05) is 50.4 Å². The second kappa shape index (κ2) is 7.70. The summed E-state index contributed by atoms with van der Waals surface area (Å²) >= 11 is 1.52. The highest BCUT2D eigenvalue weighted by Gasteiger charge is 2.23. The smallest absolute Gasteiger partial charge is 0.265 e. The Balaban J connectivity index is 2.08. The monoisotopic (exact) mass is 402 g/mol. The van der Waals surface area contributed by atoms with Gasteiger partial charge in [0.2, 0.25) is 0 Å². The standard InChI is InChI=1S/C20H22N2O3S2/c1-5-15-8-6-7-13(2)20(15)22-27(23,24)19-11-16(9-10-18(19)25-4)17-12-26-14(3)21-17/h6-12,22H,5H2,1-4H3. The second-order valence-electron chi connectivity index (χ2n) is 6.19. The number of aromatic nitrogens is 1. The molecule has 0 radical (unpaired) electrons. The molecule has 0 aliphatic rings. The first-order chi connectivity index (χ1) is 12.9. The second-order valence-corrected chi connectivity index (χ2v) is 8.90. The Hall–Kier alpha value is -2.38. The maximum atomic E-state index is 13.2. The zero-order valence-electron chi connectivity index (χ0n) is 15.7. The van der Waals surface area contributed by atoms with Crippen LogP contribution in [-0.2, 0) is 16.4 Å². The normalized spacial score (nSPS) is 11.4. The topological polar surface area (TPSA) is 68.3 Å². The third kappa shape index (κ3) is 3.99. The number of benzene rings is 2. The summed E-state index contributed by atoms with van der Waals surface area (Å²) in [4.78, 5) is 4.54. The predicted octanol–water partition coefficient (Wildman–Crippen LogP) is 4.80. The Bertz CT molecular complexity index is 1070. The van der Waals surface area contributed by atoms with E-state index in [1.165, 1.54) is 18.4 Å². The van der Waals surface area contributed by atoms with E-state index in [1.54, 1.807) is 12.1 Å². The first-order valence-electron chi connectivity index (χ1n) is 8.57. The Morgan fingerprint density at radius 2 is 1.96 bits per heavy atom. The molecule has 3 rings (SSSR count). The highest BCUT2D eigenvalue weighted by Crippen LogP contribution is 2.33. The van der Waals surface area contributed by atoms with E-state index in [2.05, 4.69) is 9.71 Å². The van der Waals surface area contributed by atoms with Gasteiger partial charge in [-0.1, -0.05) is 25.1 Å². The van der Waals surface area contributed by atoms with Crippen molar-refractivity contribution < 1.29 is 13.2 Å². The molecule has 0 saturated heterocycles. The van der Waals surface area contributed by atoms with Crippen LogP contribution in [0.25, 0.3) is 11.3 Å². The van der Waals surface area contributed by atoms with Crippen LogP contribution in [-0.4, -0.2) is 20.5 Å². The van der Waals surface area contributed by atoms with Gasteiger partial charge in [0.15, 0.2) is 0 Å². The van der Waals surface area contributed by atoms with Crippen molar-refractivity contribution in [3.63, 3.8) is 0 Å². The molecule has 0 aliphatic heterocycles. The third-order valence-corrected chi connectivity index (χ3v) is 6.49. The fraction of sp³-hybridized carbons (Fsp3) is 0.250. The number of sulfonamides is 1. The number of rotatable bonds is 6. The molecule has 27 heavy (non-hydrogen) atoms. The quantitative estimate of drug-likeness (QED) is 0.643. The van der Waals surface area contributed by atoms with E-state index >= 15 is 0 Å². The van der Waals surface area contributed by atoms with Crippen LogP contribution < -0.4 is 9.46 Å². The minimum absolute atomic E-state index is 0.0958. The molecule has 7 heteroatoms. The lowest BCUT2D eigenvalue weighted by atomic mass is 10.1. The molecule has 5 nitrogen and oxygen atoms in total. The molecule has 0 spiro atoms. The summed E-state index contributed by atoms with van der Waals surface area (Å²) in [5, 5.41) is 2.84. The van der Waals surface area contributed by atoms with Crippen LogP contribution in [0.3, 0.4) is 0 Å². The minimum Gasteiger partial charge on any atom is -0.495 e. The molecule has 1 aromatic heterocycles. The van der Waals surface area contributed by atoms with E-state index in [0.717, 1.165) is 33.8 Å². The molecule has 1 heterocycles. The first-order valence-corrected chi connectivity index (χ1v) is 10.9. The van der Waals surface area contributed by atoms with Gasteiger partial charge >= 0.3 is 0 Å². The van der Waals surface area contributed by atoms with Crippen LogP contribution in [0.1, 0.15) is 23.1 Å². The van der Waals surface area contributed by atoms with E-state index < -0.39 is 10.0 Å². The van der Waals surface area contributed by atoms with Gasteiger partial charge in [0.25, 0.3) is 10.0 Å². The van der Waals surface area contributed by atoms with Gasteiger partial charge in [-0.25, -0.2) is 13.4 Å². The zero-order chi connectivity index (χ0) is 19.6. The summed E-state index contributed by atoms with van der Waals surface area (Å²) in [6, 6.07) is 10.8. The number of hydrogen-bond donors (Lipinski definition) is 1.